The highest BCUT2D eigenvalue weighted by Gasteiger charge is 2.31. The van der Waals surface area contributed by atoms with Crippen molar-refractivity contribution in [2.75, 3.05) is 26.0 Å². The van der Waals surface area contributed by atoms with E-state index in [0.29, 0.717) is 6.04 Å². The summed E-state index contributed by atoms with van der Waals surface area (Å²) in [6, 6.07) is 6.27. The summed E-state index contributed by atoms with van der Waals surface area (Å²) in [5.74, 6) is 0.831. The maximum absolute atomic E-state index is 6.06. The van der Waals surface area contributed by atoms with Gasteiger partial charge in [-0.2, -0.15) is 0 Å². The van der Waals surface area contributed by atoms with Crippen LogP contribution in [0.15, 0.2) is 18.2 Å². The average molecular weight is 283 g/mol. The van der Waals surface area contributed by atoms with Crippen molar-refractivity contribution in [3.63, 3.8) is 0 Å². The van der Waals surface area contributed by atoms with E-state index in [-0.39, 0.29) is 0 Å². The lowest BCUT2D eigenvalue weighted by Crippen LogP contribution is -2.36. The second-order valence-corrected chi connectivity index (χ2v) is 5.82. The molecule has 1 unspecified atom stereocenters. The van der Waals surface area contributed by atoms with Gasteiger partial charge in [0.25, 0.3) is 0 Å². The molecule has 2 N–H and O–H groups in total. The minimum Gasteiger partial charge on any atom is -0.398 e. The van der Waals surface area contributed by atoms with Crippen LogP contribution in [0.5, 0.6) is 0 Å². The Morgan fingerprint density at radius 3 is 2.84 bits per heavy atom. The topological polar surface area (TPSA) is 38.5 Å². The lowest BCUT2D eigenvalue weighted by molar-refractivity contribution is 0.112. The van der Waals surface area contributed by atoms with Gasteiger partial charge in [-0.25, -0.2) is 0 Å². The number of ether oxygens (including phenoxy) is 1. The van der Waals surface area contributed by atoms with E-state index in [1.807, 2.05) is 18.2 Å². The maximum Gasteiger partial charge on any atom is 0.0589 e. The fraction of sp³-hybridized carbons (Fsp3) is 0.600. The van der Waals surface area contributed by atoms with E-state index in [1.54, 1.807) is 7.11 Å². The Balaban J connectivity index is 2.07. The lowest BCUT2D eigenvalue weighted by atomic mass is 10.1. The molecule has 1 fully saturated rings. The Morgan fingerprint density at radius 2 is 2.21 bits per heavy atom. The zero-order valence-electron chi connectivity index (χ0n) is 11.7. The number of hydrogen-bond acceptors (Lipinski definition) is 3. The molecule has 3 nitrogen and oxygen atoms in total. The van der Waals surface area contributed by atoms with Gasteiger partial charge in [0.15, 0.2) is 0 Å². The molecule has 4 heteroatoms. The summed E-state index contributed by atoms with van der Waals surface area (Å²) in [7, 11) is 1.74. The fourth-order valence-electron chi connectivity index (χ4n) is 2.44. The highest BCUT2D eigenvalue weighted by atomic mass is 35.5. The van der Waals surface area contributed by atoms with E-state index in [2.05, 4.69) is 11.8 Å². The number of nitrogens with zero attached hydrogens (tertiary/aromatic N) is 1. The highest BCUT2D eigenvalue weighted by Crippen LogP contribution is 2.36. The molecule has 0 bridgehead atoms. The summed E-state index contributed by atoms with van der Waals surface area (Å²) in [6.45, 7) is 4.82. The van der Waals surface area contributed by atoms with Gasteiger partial charge in [0, 0.05) is 37.0 Å². The number of nitrogens with two attached hydrogens (primary N) is 1. The molecule has 0 heterocycles. The standard InChI is InChI=1S/C15H23ClN2O/c1-11(12-3-4-12)18(7-8-19-2)10-13-9-14(16)5-6-15(13)17/h5-6,9,11-12H,3-4,7-8,10,17H2,1-2H3. The van der Waals surface area contributed by atoms with Gasteiger partial charge in [-0.15, -0.1) is 0 Å². The molecule has 1 saturated carbocycles. The normalized spacial score (nSPS) is 16.8. The second-order valence-electron chi connectivity index (χ2n) is 5.38. The summed E-state index contributed by atoms with van der Waals surface area (Å²) in [6.07, 6.45) is 2.69. The van der Waals surface area contributed by atoms with Crippen molar-refractivity contribution < 1.29 is 4.74 Å². The van der Waals surface area contributed by atoms with Gasteiger partial charge in [-0.1, -0.05) is 11.6 Å². The third kappa shape index (κ3) is 4.10. The van der Waals surface area contributed by atoms with Crippen LogP contribution in [0.1, 0.15) is 25.3 Å². The van der Waals surface area contributed by atoms with Crippen molar-refractivity contribution in [2.45, 2.75) is 32.4 Å². The Labute approximate surface area is 120 Å². The average Bonchev–Trinajstić information content (AvgIpc) is 3.22. The molecule has 0 aliphatic heterocycles. The quantitative estimate of drug-likeness (QED) is 0.781. The maximum atomic E-state index is 6.06. The molecular weight excluding hydrogens is 260 g/mol. The van der Waals surface area contributed by atoms with E-state index in [9.17, 15) is 0 Å². The molecule has 1 aromatic rings. The summed E-state index contributed by atoms with van der Waals surface area (Å²) >= 11 is 6.06. The SMILES string of the molecule is COCCN(Cc1cc(Cl)ccc1N)C(C)C1CC1. The van der Waals surface area contributed by atoms with Crippen LogP contribution in [0, 0.1) is 5.92 Å². The molecule has 1 atom stereocenters. The predicted molar refractivity (Wildman–Crippen MR) is 80.3 cm³/mol. The number of benzene rings is 1. The monoisotopic (exact) mass is 282 g/mol. The highest BCUT2D eigenvalue weighted by molar-refractivity contribution is 6.30. The van der Waals surface area contributed by atoms with Crippen LogP contribution >= 0.6 is 11.6 Å². The Hall–Kier alpha value is -0.770. The molecule has 0 aromatic heterocycles. The van der Waals surface area contributed by atoms with Gasteiger partial charge >= 0.3 is 0 Å². The Kier molecular flexibility index (Phi) is 5.08. The first-order valence-corrected chi connectivity index (χ1v) is 7.26. The lowest BCUT2D eigenvalue weighted by Gasteiger charge is -2.29. The van der Waals surface area contributed by atoms with E-state index < -0.39 is 0 Å². The second kappa shape index (κ2) is 6.60. The summed E-state index contributed by atoms with van der Waals surface area (Å²) in [4.78, 5) is 2.45. The molecule has 19 heavy (non-hydrogen) atoms. The van der Waals surface area contributed by atoms with Crippen molar-refractivity contribution >= 4 is 17.3 Å². The molecular formula is C15H23ClN2O. The van der Waals surface area contributed by atoms with Gasteiger partial charge < -0.3 is 10.5 Å². The van der Waals surface area contributed by atoms with Crippen molar-refractivity contribution in [3.05, 3.63) is 28.8 Å². The first-order valence-electron chi connectivity index (χ1n) is 6.88. The number of methoxy groups -OCH3 is 1. The minimum atomic E-state index is 0.577. The van der Waals surface area contributed by atoms with E-state index in [4.69, 9.17) is 22.1 Å². The molecule has 2 rings (SSSR count). The van der Waals surface area contributed by atoms with Crippen molar-refractivity contribution in [1.82, 2.24) is 4.90 Å². The number of nitrogen functional groups attached to an aromatic ring is 1. The van der Waals surface area contributed by atoms with Crippen molar-refractivity contribution in [3.8, 4) is 0 Å². The van der Waals surface area contributed by atoms with Gasteiger partial charge in [0.2, 0.25) is 0 Å². The van der Waals surface area contributed by atoms with Crippen molar-refractivity contribution in [2.24, 2.45) is 5.92 Å². The van der Waals surface area contributed by atoms with Gasteiger partial charge in [0.05, 0.1) is 6.61 Å². The number of rotatable bonds is 7. The van der Waals surface area contributed by atoms with Gasteiger partial charge in [-0.3, -0.25) is 4.90 Å². The van der Waals surface area contributed by atoms with Crippen LogP contribution < -0.4 is 5.73 Å². The predicted octanol–water partition coefficient (Wildman–Crippen LogP) is 3.17. The molecule has 1 aliphatic rings. The molecule has 106 valence electrons. The van der Waals surface area contributed by atoms with Crippen LogP contribution in [0.25, 0.3) is 0 Å². The summed E-state index contributed by atoms with van der Waals surface area (Å²) < 4.78 is 5.22. The van der Waals surface area contributed by atoms with Crippen molar-refractivity contribution in [1.29, 1.82) is 0 Å². The number of halogens is 1. The summed E-state index contributed by atoms with van der Waals surface area (Å²) in [5.41, 5.74) is 7.96. The van der Waals surface area contributed by atoms with Gasteiger partial charge in [0.1, 0.15) is 0 Å². The van der Waals surface area contributed by atoms with E-state index >= 15 is 0 Å². The van der Waals surface area contributed by atoms with Gasteiger partial charge in [-0.05, 0) is 49.4 Å². The molecule has 0 spiro atoms. The minimum absolute atomic E-state index is 0.577. The molecule has 1 aliphatic carbocycles. The first-order chi connectivity index (χ1) is 9.11. The molecule has 0 amide bonds. The smallest absolute Gasteiger partial charge is 0.0589 e. The number of hydrogen-bond donors (Lipinski definition) is 1. The Bertz CT molecular complexity index is 421. The van der Waals surface area contributed by atoms with Crippen LogP contribution in [-0.4, -0.2) is 31.2 Å². The van der Waals surface area contributed by atoms with Crippen LogP contribution in [-0.2, 0) is 11.3 Å². The van der Waals surface area contributed by atoms with E-state index in [1.165, 1.54) is 12.8 Å². The number of anilines is 1. The first kappa shape index (κ1) is 14.6. The molecule has 0 saturated heterocycles. The van der Waals surface area contributed by atoms with Crippen LogP contribution in [0.2, 0.25) is 5.02 Å². The zero-order valence-corrected chi connectivity index (χ0v) is 12.5. The summed E-state index contributed by atoms with van der Waals surface area (Å²) in [5, 5.41) is 0.745. The fourth-order valence-corrected chi connectivity index (χ4v) is 2.64. The zero-order chi connectivity index (χ0) is 13.8. The third-order valence-electron chi connectivity index (χ3n) is 3.94. The van der Waals surface area contributed by atoms with E-state index in [0.717, 1.165) is 41.9 Å². The molecule has 0 radical (unpaired) electrons. The van der Waals surface area contributed by atoms with Crippen LogP contribution in [0.4, 0.5) is 5.69 Å². The third-order valence-corrected chi connectivity index (χ3v) is 4.18. The largest absolute Gasteiger partial charge is 0.398 e. The molecule has 1 aromatic carbocycles. The Morgan fingerprint density at radius 1 is 1.47 bits per heavy atom. The van der Waals surface area contributed by atoms with Crippen LogP contribution in [0.3, 0.4) is 0 Å².